The fourth-order valence-electron chi connectivity index (χ4n) is 3.61. The normalized spacial score (nSPS) is 14.8. The number of anilines is 1. The van der Waals surface area contributed by atoms with Gasteiger partial charge in [-0.15, -0.1) is 0 Å². The van der Waals surface area contributed by atoms with Gasteiger partial charge in [0, 0.05) is 38.3 Å². The van der Waals surface area contributed by atoms with Gasteiger partial charge in [0.25, 0.3) is 5.56 Å². The highest BCUT2D eigenvalue weighted by Gasteiger charge is 2.29. The van der Waals surface area contributed by atoms with Gasteiger partial charge in [0.2, 0.25) is 5.95 Å². The van der Waals surface area contributed by atoms with E-state index in [1.54, 1.807) is 31.4 Å². The van der Waals surface area contributed by atoms with Crippen LogP contribution in [0.25, 0.3) is 11.4 Å². The van der Waals surface area contributed by atoms with Crippen molar-refractivity contribution in [1.82, 2.24) is 19.5 Å². The van der Waals surface area contributed by atoms with Crippen LogP contribution in [-0.2, 0) is 7.05 Å². The van der Waals surface area contributed by atoms with Crippen LogP contribution in [0.3, 0.4) is 0 Å². The van der Waals surface area contributed by atoms with Gasteiger partial charge < -0.3 is 4.90 Å². The van der Waals surface area contributed by atoms with Crippen LogP contribution in [0.1, 0.15) is 23.2 Å². The number of nitrogens with zero attached hydrogens (tertiary/aromatic N) is 5. The third-order valence-corrected chi connectivity index (χ3v) is 5.24. The molecule has 0 spiro atoms. The Balaban J connectivity index is 1.54. The largest absolute Gasteiger partial charge is 0.342 e. The van der Waals surface area contributed by atoms with E-state index in [1.807, 2.05) is 4.90 Å². The van der Waals surface area contributed by atoms with Crippen LogP contribution in [0.4, 0.5) is 10.3 Å². The van der Waals surface area contributed by atoms with Gasteiger partial charge in [0.15, 0.2) is 5.78 Å². The summed E-state index contributed by atoms with van der Waals surface area (Å²) < 4.78 is 15.4. The first-order valence-corrected chi connectivity index (χ1v) is 9.43. The van der Waals surface area contributed by atoms with Gasteiger partial charge in [0.05, 0.1) is 17.0 Å². The molecule has 1 aromatic carbocycles. The van der Waals surface area contributed by atoms with Gasteiger partial charge in [-0.05, 0) is 31.0 Å². The van der Waals surface area contributed by atoms with Crippen molar-refractivity contribution < 1.29 is 9.18 Å². The van der Waals surface area contributed by atoms with Gasteiger partial charge in [-0.2, -0.15) is 0 Å². The summed E-state index contributed by atoms with van der Waals surface area (Å²) in [6, 6.07) is 9.22. The standard InChI is InChI=1S/C21H20FN5O2/c1-26-19(28)12-18(17-6-9-23-13-24-17)25-21(26)27-10-7-14(8-11-27)20(29)15-4-2-3-5-16(15)22/h2-6,9,12-14H,7-8,10-11H2,1H3. The lowest BCUT2D eigenvalue weighted by Gasteiger charge is -2.33. The monoisotopic (exact) mass is 393 g/mol. The highest BCUT2D eigenvalue weighted by Crippen LogP contribution is 2.26. The number of benzene rings is 1. The number of hydrogen-bond acceptors (Lipinski definition) is 6. The fraction of sp³-hybridized carbons (Fsp3) is 0.286. The summed E-state index contributed by atoms with van der Waals surface area (Å²) in [6.45, 7) is 1.11. The van der Waals surface area contributed by atoms with Crippen LogP contribution in [0, 0.1) is 11.7 Å². The molecular formula is C21H20FN5O2. The zero-order valence-corrected chi connectivity index (χ0v) is 16.0. The Kier molecular flexibility index (Phi) is 5.16. The third kappa shape index (κ3) is 3.78. The highest BCUT2D eigenvalue weighted by molar-refractivity contribution is 5.98. The molecule has 1 fully saturated rings. The Hall–Kier alpha value is -3.42. The molecule has 1 aliphatic rings. The zero-order chi connectivity index (χ0) is 20.4. The van der Waals surface area contributed by atoms with Crippen LogP contribution < -0.4 is 10.5 Å². The second kappa shape index (κ2) is 7.90. The number of aromatic nitrogens is 4. The first-order valence-electron chi connectivity index (χ1n) is 9.43. The van der Waals surface area contributed by atoms with Crippen LogP contribution in [-0.4, -0.2) is 38.4 Å². The molecule has 0 bridgehead atoms. The SMILES string of the molecule is Cn1c(N2CCC(C(=O)c3ccccc3F)CC2)nc(-c2ccncn2)cc1=O. The first kappa shape index (κ1) is 18.9. The molecule has 3 aromatic rings. The van der Waals surface area contributed by atoms with Gasteiger partial charge in [-0.25, -0.2) is 19.3 Å². The van der Waals surface area contributed by atoms with E-state index < -0.39 is 5.82 Å². The molecule has 7 nitrogen and oxygen atoms in total. The minimum atomic E-state index is -0.485. The average molecular weight is 393 g/mol. The number of halogens is 1. The minimum Gasteiger partial charge on any atom is -0.342 e. The smallest absolute Gasteiger partial charge is 0.255 e. The molecule has 148 valence electrons. The molecule has 1 aliphatic heterocycles. The number of carbonyl (C=O) groups is 1. The van der Waals surface area contributed by atoms with Gasteiger partial charge in [-0.1, -0.05) is 12.1 Å². The van der Waals surface area contributed by atoms with E-state index in [4.69, 9.17) is 0 Å². The maximum Gasteiger partial charge on any atom is 0.255 e. The van der Waals surface area contributed by atoms with Crippen molar-refractivity contribution >= 4 is 11.7 Å². The van der Waals surface area contributed by atoms with E-state index in [2.05, 4.69) is 15.0 Å². The Labute approximate surface area is 166 Å². The Bertz CT molecular complexity index is 1090. The number of ketones is 1. The Morgan fingerprint density at radius 2 is 1.90 bits per heavy atom. The number of rotatable bonds is 4. The molecule has 0 N–H and O–H groups in total. The maximum atomic E-state index is 13.9. The number of Topliss-reactive ketones (excluding diaryl/α,β-unsaturated/α-hetero) is 1. The molecule has 1 saturated heterocycles. The second-order valence-electron chi connectivity index (χ2n) is 7.04. The van der Waals surface area contributed by atoms with E-state index in [-0.39, 0.29) is 22.8 Å². The molecule has 0 amide bonds. The Morgan fingerprint density at radius 3 is 2.59 bits per heavy atom. The lowest BCUT2D eigenvalue weighted by molar-refractivity contribution is 0.0896. The summed E-state index contributed by atoms with van der Waals surface area (Å²) in [5.74, 6) is -0.367. The van der Waals surface area contributed by atoms with E-state index in [0.29, 0.717) is 43.3 Å². The zero-order valence-electron chi connectivity index (χ0n) is 16.0. The maximum absolute atomic E-state index is 13.9. The number of hydrogen-bond donors (Lipinski definition) is 0. The summed E-state index contributed by atoms with van der Waals surface area (Å²) in [7, 11) is 1.67. The predicted molar refractivity (Wildman–Crippen MR) is 106 cm³/mol. The molecule has 0 unspecified atom stereocenters. The predicted octanol–water partition coefficient (Wildman–Crippen LogP) is 2.48. The molecular weight excluding hydrogens is 373 g/mol. The fourth-order valence-corrected chi connectivity index (χ4v) is 3.61. The summed E-state index contributed by atoms with van der Waals surface area (Å²) in [6.07, 6.45) is 4.15. The molecule has 0 atom stereocenters. The average Bonchev–Trinajstić information content (AvgIpc) is 2.76. The first-order chi connectivity index (χ1) is 14.0. The number of piperidine rings is 1. The Morgan fingerprint density at radius 1 is 1.14 bits per heavy atom. The van der Waals surface area contributed by atoms with E-state index in [1.165, 1.54) is 29.1 Å². The van der Waals surface area contributed by atoms with Crippen LogP contribution >= 0.6 is 0 Å². The molecule has 8 heteroatoms. The molecule has 29 heavy (non-hydrogen) atoms. The molecule has 4 rings (SSSR count). The van der Waals surface area contributed by atoms with Crippen LogP contribution in [0.2, 0.25) is 0 Å². The molecule has 0 radical (unpaired) electrons. The van der Waals surface area contributed by atoms with Crippen molar-refractivity contribution in [2.75, 3.05) is 18.0 Å². The van der Waals surface area contributed by atoms with Crippen molar-refractivity contribution in [3.8, 4) is 11.4 Å². The molecule has 0 saturated carbocycles. The third-order valence-electron chi connectivity index (χ3n) is 5.24. The van der Waals surface area contributed by atoms with Gasteiger partial charge in [-0.3, -0.25) is 14.2 Å². The minimum absolute atomic E-state index is 0.141. The van der Waals surface area contributed by atoms with Crippen molar-refractivity contribution in [3.63, 3.8) is 0 Å². The topological polar surface area (TPSA) is 81.0 Å². The molecule has 0 aliphatic carbocycles. The van der Waals surface area contributed by atoms with E-state index in [9.17, 15) is 14.0 Å². The molecule has 2 aromatic heterocycles. The summed E-state index contributed by atoms with van der Waals surface area (Å²) in [5.41, 5.74) is 1.01. The lowest BCUT2D eigenvalue weighted by Crippen LogP contribution is -2.40. The number of carbonyl (C=O) groups excluding carboxylic acids is 1. The quantitative estimate of drug-likeness (QED) is 0.634. The summed E-state index contributed by atoms with van der Waals surface area (Å²) in [5, 5.41) is 0. The molecule has 3 heterocycles. The highest BCUT2D eigenvalue weighted by atomic mass is 19.1. The van der Waals surface area contributed by atoms with E-state index >= 15 is 0 Å². The van der Waals surface area contributed by atoms with Crippen LogP contribution in [0.5, 0.6) is 0 Å². The van der Waals surface area contributed by atoms with E-state index in [0.717, 1.165) is 0 Å². The van der Waals surface area contributed by atoms with Gasteiger partial charge in [0.1, 0.15) is 12.1 Å². The van der Waals surface area contributed by atoms with Crippen molar-refractivity contribution in [2.24, 2.45) is 13.0 Å². The summed E-state index contributed by atoms with van der Waals surface area (Å²) >= 11 is 0. The summed E-state index contributed by atoms with van der Waals surface area (Å²) in [4.78, 5) is 39.8. The van der Waals surface area contributed by atoms with Crippen molar-refractivity contribution in [2.45, 2.75) is 12.8 Å². The van der Waals surface area contributed by atoms with Crippen molar-refractivity contribution in [1.29, 1.82) is 0 Å². The van der Waals surface area contributed by atoms with Crippen LogP contribution in [0.15, 0.2) is 53.7 Å². The second-order valence-corrected chi connectivity index (χ2v) is 7.04. The van der Waals surface area contributed by atoms with Gasteiger partial charge >= 0.3 is 0 Å². The van der Waals surface area contributed by atoms with Crippen molar-refractivity contribution in [3.05, 3.63) is 70.7 Å². The lowest BCUT2D eigenvalue weighted by atomic mass is 9.89.